The Morgan fingerprint density at radius 3 is 2.27 bits per heavy atom. The first-order chi connectivity index (χ1) is 16.1. The van der Waals surface area contributed by atoms with Crippen molar-refractivity contribution in [3.63, 3.8) is 0 Å². The van der Waals surface area contributed by atoms with Gasteiger partial charge in [-0.25, -0.2) is 0 Å². The highest BCUT2D eigenvalue weighted by Crippen LogP contribution is 2.22. The van der Waals surface area contributed by atoms with Gasteiger partial charge in [-0.3, -0.25) is 9.59 Å². The summed E-state index contributed by atoms with van der Waals surface area (Å²) in [5.74, 6) is 0.347. The van der Waals surface area contributed by atoms with Gasteiger partial charge in [0.15, 0.2) is 0 Å². The van der Waals surface area contributed by atoms with Crippen LogP contribution in [0.5, 0.6) is 5.75 Å². The summed E-state index contributed by atoms with van der Waals surface area (Å²) >= 11 is 0. The summed E-state index contributed by atoms with van der Waals surface area (Å²) in [6.45, 7) is 3.29. The SMILES string of the molecule is CCCCCCOc1ccc(C(=O)N(C)c2ccccc2C(=O)NCc2ccccc2)cc1. The molecule has 0 aliphatic rings. The van der Waals surface area contributed by atoms with Crippen LogP contribution in [0.1, 0.15) is 58.9 Å². The van der Waals surface area contributed by atoms with Gasteiger partial charge in [-0.05, 0) is 48.4 Å². The molecule has 0 saturated carbocycles. The highest BCUT2D eigenvalue weighted by atomic mass is 16.5. The number of anilines is 1. The van der Waals surface area contributed by atoms with Crippen molar-refractivity contribution in [1.82, 2.24) is 5.32 Å². The molecule has 0 bridgehead atoms. The predicted octanol–water partition coefficient (Wildman–Crippen LogP) is 5.85. The maximum atomic E-state index is 13.1. The van der Waals surface area contributed by atoms with Gasteiger partial charge in [-0.1, -0.05) is 68.7 Å². The van der Waals surface area contributed by atoms with Crippen LogP contribution < -0.4 is 15.0 Å². The zero-order chi connectivity index (χ0) is 23.5. The molecule has 0 fully saturated rings. The second-order valence-electron chi connectivity index (χ2n) is 7.98. The average Bonchev–Trinajstić information content (AvgIpc) is 2.87. The Bertz CT molecular complexity index is 1030. The van der Waals surface area contributed by atoms with E-state index in [1.165, 1.54) is 17.7 Å². The third-order valence-electron chi connectivity index (χ3n) is 5.48. The first-order valence-electron chi connectivity index (χ1n) is 11.5. The van der Waals surface area contributed by atoms with Crippen molar-refractivity contribution in [3.8, 4) is 5.75 Å². The number of carbonyl (C=O) groups excluding carboxylic acids is 2. The van der Waals surface area contributed by atoms with E-state index in [4.69, 9.17) is 4.74 Å². The van der Waals surface area contributed by atoms with Gasteiger partial charge in [-0.2, -0.15) is 0 Å². The highest BCUT2D eigenvalue weighted by Gasteiger charge is 2.19. The fraction of sp³-hybridized carbons (Fsp3) is 0.286. The zero-order valence-electron chi connectivity index (χ0n) is 19.4. The summed E-state index contributed by atoms with van der Waals surface area (Å²) in [4.78, 5) is 27.5. The summed E-state index contributed by atoms with van der Waals surface area (Å²) in [5, 5.41) is 2.94. The van der Waals surface area contributed by atoms with Crippen LogP contribution in [0.25, 0.3) is 0 Å². The van der Waals surface area contributed by atoms with Crippen LogP contribution in [0, 0.1) is 0 Å². The quantitative estimate of drug-likeness (QED) is 0.377. The van der Waals surface area contributed by atoms with E-state index in [-0.39, 0.29) is 11.8 Å². The maximum Gasteiger partial charge on any atom is 0.258 e. The van der Waals surface area contributed by atoms with Gasteiger partial charge in [0, 0.05) is 19.2 Å². The lowest BCUT2D eigenvalue weighted by Crippen LogP contribution is -2.30. The van der Waals surface area contributed by atoms with E-state index in [1.807, 2.05) is 48.5 Å². The minimum Gasteiger partial charge on any atom is -0.494 e. The van der Waals surface area contributed by atoms with Crippen LogP contribution >= 0.6 is 0 Å². The number of unbranched alkanes of at least 4 members (excludes halogenated alkanes) is 3. The molecule has 0 saturated heterocycles. The van der Waals surface area contributed by atoms with Gasteiger partial charge >= 0.3 is 0 Å². The Kier molecular flexibility index (Phi) is 9.07. The maximum absolute atomic E-state index is 13.1. The number of para-hydroxylation sites is 1. The standard InChI is InChI=1S/C28H32N2O3/c1-3-4-5-11-20-33-24-18-16-23(17-19-24)28(32)30(2)26-15-10-9-14-25(26)27(31)29-21-22-12-7-6-8-13-22/h6-10,12-19H,3-5,11,20-21H2,1-2H3,(H,29,31). The first kappa shape index (κ1) is 24.1. The molecular formula is C28H32N2O3. The molecule has 3 aromatic rings. The van der Waals surface area contributed by atoms with Crippen molar-refractivity contribution in [2.24, 2.45) is 0 Å². The number of ether oxygens (including phenoxy) is 1. The smallest absolute Gasteiger partial charge is 0.258 e. The van der Waals surface area contributed by atoms with Crippen molar-refractivity contribution in [2.75, 3.05) is 18.6 Å². The van der Waals surface area contributed by atoms with Gasteiger partial charge in [-0.15, -0.1) is 0 Å². The molecule has 2 amide bonds. The molecule has 0 radical (unpaired) electrons. The molecule has 1 N–H and O–H groups in total. The van der Waals surface area contributed by atoms with Gasteiger partial charge < -0.3 is 15.0 Å². The number of nitrogens with zero attached hydrogens (tertiary/aromatic N) is 1. The number of benzene rings is 3. The molecule has 0 aliphatic heterocycles. The van der Waals surface area contributed by atoms with Crippen LogP contribution in [0.15, 0.2) is 78.9 Å². The molecule has 0 unspecified atom stereocenters. The molecule has 33 heavy (non-hydrogen) atoms. The topological polar surface area (TPSA) is 58.6 Å². The fourth-order valence-corrected chi connectivity index (χ4v) is 3.55. The van der Waals surface area contributed by atoms with E-state index in [9.17, 15) is 9.59 Å². The van der Waals surface area contributed by atoms with Gasteiger partial charge in [0.05, 0.1) is 17.9 Å². The van der Waals surface area contributed by atoms with E-state index in [0.717, 1.165) is 24.2 Å². The third-order valence-corrected chi connectivity index (χ3v) is 5.48. The third kappa shape index (κ3) is 6.94. The number of hydrogen-bond acceptors (Lipinski definition) is 3. The zero-order valence-corrected chi connectivity index (χ0v) is 19.4. The normalized spacial score (nSPS) is 10.5. The molecule has 0 atom stereocenters. The Morgan fingerprint density at radius 1 is 0.848 bits per heavy atom. The van der Waals surface area contributed by atoms with Crippen molar-refractivity contribution >= 4 is 17.5 Å². The molecule has 3 aromatic carbocycles. The summed E-state index contributed by atoms with van der Waals surface area (Å²) in [6, 6.07) is 24.0. The Balaban J connectivity index is 1.63. The van der Waals surface area contributed by atoms with Crippen molar-refractivity contribution < 1.29 is 14.3 Å². The molecule has 0 spiro atoms. The average molecular weight is 445 g/mol. The lowest BCUT2D eigenvalue weighted by molar-refractivity contribution is 0.0951. The monoisotopic (exact) mass is 444 g/mol. The highest BCUT2D eigenvalue weighted by molar-refractivity contribution is 6.10. The molecule has 5 nitrogen and oxygen atoms in total. The summed E-state index contributed by atoms with van der Waals surface area (Å²) < 4.78 is 5.77. The number of nitrogens with one attached hydrogen (secondary N) is 1. The molecule has 172 valence electrons. The van der Waals surface area contributed by atoms with E-state index in [0.29, 0.717) is 30.0 Å². The lowest BCUT2D eigenvalue weighted by Gasteiger charge is -2.21. The largest absolute Gasteiger partial charge is 0.494 e. The second kappa shape index (κ2) is 12.4. The molecule has 3 rings (SSSR count). The van der Waals surface area contributed by atoms with Gasteiger partial charge in [0.1, 0.15) is 5.75 Å². The molecule has 5 heteroatoms. The Hall–Kier alpha value is -3.60. The number of carbonyl (C=O) groups is 2. The number of rotatable bonds is 11. The van der Waals surface area contributed by atoms with E-state index >= 15 is 0 Å². The van der Waals surface area contributed by atoms with Crippen LogP contribution in [0.2, 0.25) is 0 Å². The summed E-state index contributed by atoms with van der Waals surface area (Å²) in [7, 11) is 1.68. The predicted molar refractivity (Wildman–Crippen MR) is 133 cm³/mol. The van der Waals surface area contributed by atoms with E-state index < -0.39 is 0 Å². The van der Waals surface area contributed by atoms with Gasteiger partial charge in [0.2, 0.25) is 0 Å². The summed E-state index contributed by atoms with van der Waals surface area (Å²) in [5.41, 5.74) is 2.57. The Labute approximate surface area is 196 Å². The molecule has 0 aromatic heterocycles. The van der Waals surface area contributed by atoms with Crippen molar-refractivity contribution in [1.29, 1.82) is 0 Å². The second-order valence-corrected chi connectivity index (χ2v) is 7.98. The van der Waals surface area contributed by atoms with Crippen LogP contribution in [-0.4, -0.2) is 25.5 Å². The minimum atomic E-state index is -0.221. The number of hydrogen-bond donors (Lipinski definition) is 1. The molecule has 0 heterocycles. The first-order valence-corrected chi connectivity index (χ1v) is 11.5. The molecule has 0 aliphatic carbocycles. The van der Waals surface area contributed by atoms with Crippen LogP contribution in [0.3, 0.4) is 0 Å². The van der Waals surface area contributed by atoms with E-state index in [1.54, 1.807) is 37.4 Å². The minimum absolute atomic E-state index is 0.187. The number of amides is 2. The Morgan fingerprint density at radius 2 is 1.55 bits per heavy atom. The van der Waals surface area contributed by atoms with Crippen LogP contribution in [0.4, 0.5) is 5.69 Å². The molecular weight excluding hydrogens is 412 g/mol. The van der Waals surface area contributed by atoms with E-state index in [2.05, 4.69) is 12.2 Å². The fourth-order valence-electron chi connectivity index (χ4n) is 3.55. The van der Waals surface area contributed by atoms with Crippen molar-refractivity contribution in [2.45, 2.75) is 39.2 Å². The van der Waals surface area contributed by atoms with Gasteiger partial charge in [0.25, 0.3) is 11.8 Å². The van der Waals surface area contributed by atoms with Crippen LogP contribution in [-0.2, 0) is 6.54 Å². The lowest BCUT2D eigenvalue weighted by atomic mass is 10.1. The van der Waals surface area contributed by atoms with Crippen molar-refractivity contribution in [3.05, 3.63) is 95.6 Å². The summed E-state index contributed by atoms with van der Waals surface area (Å²) in [6.07, 6.45) is 4.60.